The van der Waals surface area contributed by atoms with E-state index in [9.17, 15) is 0 Å². The molecule has 0 radical (unpaired) electrons. The third-order valence-corrected chi connectivity index (χ3v) is 6.09. The number of nitrogens with one attached hydrogen (secondary N) is 2. The highest BCUT2D eigenvalue weighted by atomic mass is 15.2. The van der Waals surface area contributed by atoms with E-state index in [1.54, 1.807) is 0 Å². The lowest BCUT2D eigenvalue weighted by molar-refractivity contribution is 0.198. The molecular weight excluding hydrogens is 396 g/mol. The summed E-state index contributed by atoms with van der Waals surface area (Å²) >= 11 is 0. The van der Waals surface area contributed by atoms with Gasteiger partial charge in [-0.2, -0.15) is 0 Å². The molecule has 2 heterocycles. The van der Waals surface area contributed by atoms with E-state index < -0.39 is 0 Å². The second-order valence-electron chi connectivity index (χ2n) is 8.66. The molecule has 6 heteroatoms. The molecule has 0 spiro atoms. The van der Waals surface area contributed by atoms with Gasteiger partial charge in [0, 0.05) is 58.8 Å². The van der Waals surface area contributed by atoms with Gasteiger partial charge in [0.1, 0.15) is 5.82 Å². The van der Waals surface area contributed by atoms with Crippen LogP contribution in [0, 0.1) is 0 Å². The van der Waals surface area contributed by atoms with Gasteiger partial charge in [0.2, 0.25) is 0 Å². The predicted molar refractivity (Wildman–Crippen MR) is 134 cm³/mol. The number of hydrogen-bond acceptors (Lipinski definition) is 4. The minimum absolute atomic E-state index is 0.444. The molecule has 1 aliphatic heterocycles. The molecule has 2 N–H and O–H groups in total. The maximum Gasteiger partial charge on any atom is 0.191 e. The Morgan fingerprint density at radius 1 is 1.06 bits per heavy atom. The molecule has 1 aromatic heterocycles. The lowest BCUT2D eigenvalue weighted by Crippen LogP contribution is -2.48. The van der Waals surface area contributed by atoms with Gasteiger partial charge in [-0.05, 0) is 36.1 Å². The van der Waals surface area contributed by atoms with Crippen LogP contribution in [0.2, 0.25) is 0 Å². The molecule has 3 aromatic rings. The fraction of sp³-hybridized carbons (Fsp3) is 0.385. The van der Waals surface area contributed by atoms with Crippen LogP contribution >= 0.6 is 0 Å². The molecule has 0 bridgehead atoms. The lowest BCUT2D eigenvalue weighted by Gasteiger charge is -2.33. The zero-order valence-electron chi connectivity index (χ0n) is 19.4. The standard InChI is InChI=1S/C26H34N6/c1-27-26(29-22-13-15-32(16-14-22)19-20-9-5-4-6-10-20)28-18-21-17-25(31(2)3)30-24-12-8-7-11-23(21)24/h4-12,17,22H,13-16,18-19H2,1-3H3,(H2,27,28,29). The molecule has 0 saturated carbocycles. The first kappa shape index (κ1) is 22.1. The second kappa shape index (κ2) is 10.5. The van der Waals surface area contributed by atoms with E-state index in [4.69, 9.17) is 4.98 Å². The van der Waals surface area contributed by atoms with Crippen molar-refractivity contribution in [1.29, 1.82) is 0 Å². The molecule has 0 amide bonds. The van der Waals surface area contributed by atoms with Crippen molar-refractivity contribution in [1.82, 2.24) is 20.5 Å². The Hall–Kier alpha value is -3.12. The molecule has 0 unspecified atom stereocenters. The topological polar surface area (TPSA) is 55.8 Å². The number of nitrogens with zero attached hydrogens (tertiary/aromatic N) is 4. The Labute approximate surface area is 191 Å². The molecule has 4 rings (SSSR count). The number of para-hydroxylation sites is 1. The van der Waals surface area contributed by atoms with Crippen molar-refractivity contribution < 1.29 is 0 Å². The van der Waals surface area contributed by atoms with Crippen LogP contribution in [0.5, 0.6) is 0 Å². The highest BCUT2D eigenvalue weighted by Gasteiger charge is 2.20. The van der Waals surface area contributed by atoms with Crippen molar-refractivity contribution in [3.63, 3.8) is 0 Å². The number of rotatable bonds is 6. The number of pyridine rings is 1. The van der Waals surface area contributed by atoms with Gasteiger partial charge in [-0.15, -0.1) is 0 Å². The van der Waals surface area contributed by atoms with Crippen LogP contribution in [-0.4, -0.2) is 56.1 Å². The van der Waals surface area contributed by atoms with Crippen LogP contribution < -0.4 is 15.5 Å². The Morgan fingerprint density at radius 2 is 1.78 bits per heavy atom. The van der Waals surface area contributed by atoms with Crippen molar-refractivity contribution in [3.8, 4) is 0 Å². The maximum atomic E-state index is 4.76. The summed E-state index contributed by atoms with van der Waals surface area (Å²) in [5.41, 5.74) is 3.63. The number of guanidine groups is 1. The maximum absolute atomic E-state index is 4.76. The third-order valence-electron chi connectivity index (χ3n) is 6.09. The fourth-order valence-electron chi connectivity index (χ4n) is 4.25. The van der Waals surface area contributed by atoms with E-state index in [1.165, 1.54) is 16.5 Å². The number of aliphatic imine (C=N–C) groups is 1. The lowest BCUT2D eigenvalue weighted by atomic mass is 10.0. The minimum atomic E-state index is 0.444. The first-order chi connectivity index (χ1) is 15.6. The first-order valence-electron chi connectivity index (χ1n) is 11.4. The van der Waals surface area contributed by atoms with Crippen LogP contribution in [0.15, 0.2) is 65.7 Å². The Morgan fingerprint density at radius 3 is 2.50 bits per heavy atom. The number of piperidine rings is 1. The Kier molecular flexibility index (Phi) is 7.22. The van der Waals surface area contributed by atoms with Crippen molar-refractivity contribution in [2.75, 3.05) is 39.1 Å². The normalized spacial score (nSPS) is 15.7. The monoisotopic (exact) mass is 430 g/mol. The molecule has 168 valence electrons. The van der Waals surface area contributed by atoms with E-state index in [1.807, 2.05) is 32.1 Å². The van der Waals surface area contributed by atoms with E-state index in [-0.39, 0.29) is 0 Å². The van der Waals surface area contributed by atoms with Gasteiger partial charge in [-0.3, -0.25) is 9.89 Å². The summed E-state index contributed by atoms with van der Waals surface area (Å²) < 4.78 is 0. The van der Waals surface area contributed by atoms with Crippen LogP contribution in [0.25, 0.3) is 10.9 Å². The van der Waals surface area contributed by atoms with Crippen molar-refractivity contribution in [2.45, 2.75) is 32.0 Å². The summed E-state index contributed by atoms with van der Waals surface area (Å²) in [6, 6.07) is 21.6. The summed E-state index contributed by atoms with van der Waals surface area (Å²) in [7, 11) is 5.90. The van der Waals surface area contributed by atoms with Crippen LogP contribution in [0.1, 0.15) is 24.0 Å². The zero-order valence-corrected chi connectivity index (χ0v) is 19.4. The largest absolute Gasteiger partial charge is 0.363 e. The predicted octanol–water partition coefficient (Wildman–Crippen LogP) is 3.63. The molecule has 1 fully saturated rings. The molecule has 1 saturated heterocycles. The van der Waals surface area contributed by atoms with E-state index in [0.29, 0.717) is 12.6 Å². The molecule has 0 aliphatic carbocycles. The van der Waals surface area contributed by atoms with Crippen LogP contribution in [0.4, 0.5) is 5.82 Å². The van der Waals surface area contributed by atoms with Gasteiger partial charge >= 0.3 is 0 Å². The highest BCUT2D eigenvalue weighted by Crippen LogP contribution is 2.22. The number of benzene rings is 2. The van der Waals surface area contributed by atoms with Gasteiger partial charge in [0.25, 0.3) is 0 Å². The molecule has 32 heavy (non-hydrogen) atoms. The number of fused-ring (bicyclic) bond motifs is 1. The van der Waals surface area contributed by atoms with Crippen LogP contribution in [-0.2, 0) is 13.1 Å². The number of anilines is 1. The van der Waals surface area contributed by atoms with Gasteiger partial charge in [0.05, 0.1) is 5.52 Å². The average molecular weight is 431 g/mol. The van der Waals surface area contributed by atoms with Gasteiger partial charge in [-0.25, -0.2) is 4.98 Å². The average Bonchev–Trinajstić information content (AvgIpc) is 2.83. The van der Waals surface area contributed by atoms with Crippen LogP contribution in [0.3, 0.4) is 0 Å². The van der Waals surface area contributed by atoms with Crippen molar-refractivity contribution >= 4 is 22.7 Å². The number of hydrogen-bond donors (Lipinski definition) is 2. The Balaban J connectivity index is 1.33. The summed E-state index contributed by atoms with van der Waals surface area (Å²) in [5.74, 6) is 1.83. The minimum Gasteiger partial charge on any atom is -0.363 e. The summed E-state index contributed by atoms with van der Waals surface area (Å²) in [4.78, 5) is 13.8. The first-order valence-corrected chi connectivity index (χ1v) is 11.4. The smallest absolute Gasteiger partial charge is 0.191 e. The SMILES string of the molecule is CN=C(NCc1cc(N(C)C)nc2ccccc12)NC1CCN(Cc2ccccc2)CC1. The van der Waals surface area contributed by atoms with Gasteiger partial charge in [0.15, 0.2) is 5.96 Å². The Bertz CT molecular complexity index is 1040. The molecule has 2 aromatic carbocycles. The summed E-state index contributed by atoms with van der Waals surface area (Å²) in [6.07, 6.45) is 2.24. The van der Waals surface area contributed by atoms with E-state index in [2.05, 4.69) is 75.1 Å². The number of likely N-dealkylation sites (tertiary alicyclic amines) is 1. The quantitative estimate of drug-likeness (QED) is 0.462. The van der Waals surface area contributed by atoms with Gasteiger partial charge < -0.3 is 15.5 Å². The molecular formula is C26H34N6. The highest BCUT2D eigenvalue weighted by molar-refractivity contribution is 5.85. The fourth-order valence-corrected chi connectivity index (χ4v) is 4.25. The molecule has 6 nitrogen and oxygen atoms in total. The number of aromatic nitrogens is 1. The summed E-state index contributed by atoms with van der Waals surface area (Å²) in [5, 5.41) is 8.33. The van der Waals surface area contributed by atoms with E-state index >= 15 is 0 Å². The van der Waals surface area contributed by atoms with Crippen molar-refractivity contribution in [3.05, 3.63) is 71.8 Å². The van der Waals surface area contributed by atoms with E-state index in [0.717, 1.165) is 49.8 Å². The third kappa shape index (κ3) is 5.56. The summed E-state index contributed by atoms with van der Waals surface area (Å²) in [6.45, 7) is 3.94. The van der Waals surface area contributed by atoms with Crippen molar-refractivity contribution in [2.24, 2.45) is 4.99 Å². The molecule has 0 atom stereocenters. The zero-order chi connectivity index (χ0) is 22.3. The molecule has 1 aliphatic rings. The second-order valence-corrected chi connectivity index (χ2v) is 8.66. The van der Waals surface area contributed by atoms with Gasteiger partial charge in [-0.1, -0.05) is 48.5 Å².